The molecule has 0 spiro atoms. The second-order valence-corrected chi connectivity index (χ2v) is 7.12. The number of rotatable bonds is 6. The van der Waals surface area contributed by atoms with E-state index in [0.717, 1.165) is 24.6 Å². The highest BCUT2D eigenvalue weighted by atomic mass is 35.7. The number of nitrogens with zero attached hydrogens (tertiary/aromatic N) is 1. The van der Waals surface area contributed by atoms with Crippen molar-refractivity contribution in [1.29, 1.82) is 0 Å². The molecule has 21 heavy (non-hydrogen) atoms. The zero-order valence-electron chi connectivity index (χ0n) is 11.5. The molecule has 1 N–H and O–H groups in total. The zero-order valence-corrected chi connectivity index (χ0v) is 13.1. The van der Waals surface area contributed by atoms with Crippen molar-refractivity contribution in [2.45, 2.75) is 31.6 Å². The maximum Gasteiger partial charge on any atom is 0.294 e. The van der Waals surface area contributed by atoms with Crippen molar-refractivity contribution in [2.24, 2.45) is 5.92 Å². The first-order chi connectivity index (χ1) is 9.66. The minimum absolute atomic E-state index is 0.0583. The average Bonchev–Trinajstić information content (AvgIpc) is 2.37. The van der Waals surface area contributed by atoms with E-state index < -0.39 is 24.6 Å². The van der Waals surface area contributed by atoms with E-state index >= 15 is 0 Å². The van der Waals surface area contributed by atoms with E-state index in [4.69, 9.17) is 10.7 Å². The number of anilines is 1. The first-order valence-corrected chi connectivity index (χ1v) is 8.51. The molecule has 7 nitrogen and oxygen atoms in total. The number of hydrogen-bond donors (Lipinski definition) is 1. The SMILES string of the molecule is CCCC(C)C(=O)Nc1ccc(S(=O)(=O)Cl)cc1[N+](=O)[O-]. The van der Waals surface area contributed by atoms with Crippen LogP contribution in [-0.4, -0.2) is 19.2 Å². The van der Waals surface area contributed by atoms with Gasteiger partial charge in [0.05, 0.1) is 9.82 Å². The molecule has 0 fully saturated rings. The van der Waals surface area contributed by atoms with E-state index in [1.165, 1.54) is 0 Å². The van der Waals surface area contributed by atoms with Gasteiger partial charge in [-0.1, -0.05) is 20.3 Å². The summed E-state index contributed by atoms with van der Waals surface area (Å²) in [6, 6.07) is 3.09. The quantitative estimate of drug-likeness (QED) is 0.489. The molecule has 0 aliphatic heterocycles. The third-order valence-electron chi connectivity index (χ3n) is 2.87. The van der Waals surface area contributed by atoms with Gasteiger partial charge in [-0.15, -0.1) is 0 Å². The van der Waals surface area contributed by atoms with Crippen molar-refractivity contribution in [3.63, 3.8) is 0 Å². The van der Waals surface area contributed by atoms with Crippen LogP contribution in [0.1, 0.15) is 26.7 Å². The van der Waals surface area contributed by atoms with Gasteiger partial charge in [-0.3, -0.25) is 14.9 Å². The Morgan fingerprint density at radius 3 is 2.57 bits per heavy atom. The topological polar surface area (TPSA) is 106 Å². The minimum atomic E-state index is -4.07. The van der Waals surface area contributed by atoms with Gasteiger partial charge < -0.3 is 5.32 Å². The number of nitro benzene ring substituents is 1. The van der Waals surface area contributed by atoms with E-state index in [1.807, 2.05) is 6.92 Å². The summed E-state index contributed by atoms with van der Waals surface area (Å²) in [6.45, 7) is 3.63. The number of hydrogen-bond acceptors (Lipinski definition) is 5. The van der Waals surface area contributed by atoms with Crippen LogP contribution in [0.3, 0.4) is 0 Å². The van der Waals surface area contributed by atoms with Crippen LogP contribution < -0.4 is 5.32 Å². The molecule has 1 unspecified atom stereocenters. The van der Waals surface area contributed by atoms with Gasteiger partial charge >= 0.3 is 0 Å². The summed E-state index contributed by atoms with van der Waals surface area (Å²) in [6.07, 6.45) is 1.45. The van der Waals surface area contributed by atoms with Crippen LogP contribution in [0.25, 0.3) is 0 Å². The lowest BCUT2D eigenvalue weighted by atomic mass is 10.1. The van der Waals surface area contributed by atoms with E-state index in [1.54, 1.807) is 6.92 Å². The van der Waals surface area contributed by atoms with Gasteiger partial charge in [-0.2, -0.15) is 0 Å². The molecule has 1 aromatic rings. The molecular formula is C12H15ClN2O5S. The number of amides is 1. The van der Waals surface area contributed by atoms with Crippen molar-refractivity contribution in [1.82, 2.24) is 0 Å². The molecule has 116 valence electrons. The maximum atomic E-state index is 11.9. The van der Waals surface area contributed by atoms with Crippen LogP contribution in [0.4, 0.5) is 11.4 Å². The summed E-state index contributed by atoms with van der Waals surface area (Å²) in [7, 11) is 1.07. The molecular weight excluding hydrogens is 320 g/mol. The lowest BCUT2D eigenvalue weighted by Crippen LogP contribution is -2.20. The van der Waals surface area contributed by atoms with Crippen molar-refractivity contribution in [3.8, 4) is 0 Å². The number of carbonyl (C=O) groups excluding carboxylic acids is 1. The summed E-state index contributed by atoms with van der Waals surface area (Å²) in [5, 5.41) is 13.4. The Morgan fingerprint density at radius 1 is 1.48 bits per heavy atom. The molecule has 1 rings (SSSR count). The summed E-state index contributed by atoms with van der Waals surface area (Å²) in [4.78, 5) is 21.7. The Hall–Kier alpha value is -1.67. The highest BCUT2D eigenvalue weighted by Gasteiger charge is 2.22. The Bertz CT molecular complexity index is 660. The van der Waals surface area contributed by atoms with E-state index in [9.17, 15) is 23.3 Å². The van der Waals surface area contributed by atoms with E-state index in [2.05, 4.69) is 5.32 Å². The Labute approximate surface area is 126 Å². The molecule has 0 aliphatic rings. The predicted octanol–water partition coefficient (Wildman–Crippen LogP) is 2.90. The lowest BCUT2D eigenvalue weighted by molar-refractivity contribution is -0.384. The molecule has 0 saturated heterocycles. The Kier molecular flexibility index (Phi) is 5.68. The molecule has 0 aliphatic carbocycles. The van der Waals surface area contributed by atoms with Gasteiger partial charge in [0.1, 0.15) is 5.69 Å². The fraction of sp³-hybridized carbons (Fsp3) is 0.417. The molecule has 9 heteroatoms. The molecule has 0 aromatic heterocycles. The van der Waals surface area contributed by atoms with Crippen LogP contribution in [-0.2, 0) is 13.8 Å². The number of benzene rings is 1. The van der Waals surface area contributed by atoms with Gasteiger partial charge in [0.25, 0.3) is 14.7 Å². The molecule has 0 saturated carbocycles. The van der Waals surface area contributed by atoms with E-state index in [-0.39, 0.29) is 17.5 Å². The smallest absolute Gasteiger partial charge is 0.294 e. The first-order valence-electron chi connectivity index (χ1n) is 6.20. The normalized spacial score (nSPS) is 12.7. The van der Waals surface area contributed by atoms with Gasteiger partial charge in [0.2, 0.25) is 5.91 Å². The van der Waals surface area contributed by atoms with Gasteiger partial charge in [0, 0.05) is 22.7 Å². The second kappa shape index (κ2) is 6.86. The first kappa shape index (κ1) is 17.4. The van der Waals surface area contributed by atoms with Crippen molar-refractivity contribution in [3.05, 3.63) is 28.3 Å². The Balaban J connectivity index is 3.14. The average molecular weight is 335 g/mol. The molecule has 1 aromatic carbocycles. The molecule has 0 radical (unpaired) electrons. The van der Waals surface area contributed by atoms with Crippen LogP contribution >= 0.6 is 10.7 Å². The fourth-order valence-corrected chi connectivity index (χ4v) is 2.51. The van der Waals surface area contributed by atoms with Gasteiger partial charge in [0.15, 0.2) is 0 Å². The number of nitro groups is 1. The van der Waals surface area contributed by atoms with Gasteiger partial charge in [-0.05, 0) is 18.6 Å². The van der Waals surface area contributed by atoms with Crippen molar-refractivity contribution in [2.75, 3.05) is 5.32 Å². The highest BCUT2D eigenvalue weighted by Crippen LogP contribution is 2.29. The predicted molar refractivity (Wildman–Crippen MR) is 78.8 cm³/mol. The minimum Gasteiger partial charge on any atom is -0.320 e. The third kappa shape index (κ3) is 4.68. The molecule has 0 bridgehead atoms. The van der Waals surface area contributed by atoms with Gasteiger partial charge in [-0.25, -0.2) is 8.42 Å². The summed E-state index contributed by atoms with van der Waals surface area (Å²) < 4.78 is 22.4. The summed E-state index contributed by atoms with van der Waals surface area (Å²) >= 11 is 0. The number of carbonyl (C=O) groups is 1. The molecule has 0 heterocycles. The molecule has 1 amide bonds. The summed E-state index contributed by atoms with van der Waals surface area (Å²) in [5.41, 5.74) is -0.578. The van der Waals surface area contributed by atoms with Crippen LogP contribution in [0.15, 0.2) is 23.1 Å². The van der Waals surface area contributed by atoms with E-state index in [0.29, 0.717) is 6.42 Å². The van der Waals surface area contributed by atoms with Crippen molar-refractivity contribution < 1.29 is 18.1 Å². The second-order valence-electron chi connectivity index (χ2n) is 4.55. The highest BCUT2D eigenvalue weighted by molar-refractivity contribution is 8.13. The third-order valence-corrected chi connectivity index (χ3v) is 4.23. The van der Waals surface area contributed by atoms with Crippen LogP contribution in [0.2, 0.25) is 0 Å². The monoisotopic (exact) mass is 334 g/mol. The lowest BCUT2D eigenvalue weighted by Gasteiger charge is -2.11. The number of nitrogens with one attached hydrogen (secondary N) is 1. The fourth-order valence-electron chi connectivity index (χ4n) is 1.74. The zero-order chi connectivity index (χ0) is 16.2. The largest absolute Gasteiger partial charge is 0.320 e. The number of halogens is 1. The van der Waals surface area contributed by atoms with Crippen LogP contribution in [0.5, 0.6) is 0 Å². The maximum absolute atomic E-state index is 11.9. The standard InChI is InChI=1S/C12H15ClN2O5S/c1-3-4-8(2)12(16)14-10-6-5-9(21(13,19)20)7-11(10)15(17)18/h5-8H,3-4H2,1-2H3,(H,14,16). The summed E-state index contributed by atoms with van der Waals surface area (Å²) in [5.74, 6) is -0.660. The van der Waals surface area contributed by atoms with Crippen LogP contribution in [0, 0.1) is 16.0 Å². The molecule has 1 atom stereocenters. The van der Waals surface area contributed by atoms with Crippen molar-refractivity contribution >= 4 is 37.0 Å². The Morgan fingerprint density at radius 2 is 2.10 bits per heavy atom.